The maximum atomic E-state index is 14.1. The van der Waals surface area contributed by atoms with Crippen LogP contribution in [0, 0.1) is 17.6 Å². The zero-order chi connectivity index (χ0) is 21.8. The van der Waals surface area contributed by atoms with Gasteiger partial charge in [-0.25, -0.2) is 8.78 Å². The third-order valence-electron chi connectivity index (χ3n) is 5.06. The molecule has 0 bridgehead atoms. The van der Waals surface area contributed by atoms with Crippen LogP contribution in [0.15, 0.2) is 47.6 Å². The first-order valence-electron chi connectivity index (χ1n) is 9.97. The van der Waals surface area contributed by atoms with Gasteiger partial charge in [-0.15, -0.1) is 0 Å². The van der Waals surface area contributed by atoms with Crippen molar-refractivity contribution in [2.24, 2.45) is 11.1 Å². The highest BCUT2D eigenvalue weighted by molar-refractivity contribution is 6.01. The molecular weight excluding hydrogens is 388 g/mol. The average Bonchev–Trinajstić information content (AvgIpc) is 3.17. The Kier molecular flexibility index (Phi) is 6.70. The van der Waals surface area contributed by atoms with E-state index in [9.17, 15) is 13.6 Å². The average molecular weight is 415 g/mol. The maximum absolute atomic E-state index is 14.1. The molecule has 160 valence electrons. The Morgan fingerprint density at radius 2 is 1.87 bits per heavy atom. The highest BCUT2D eigenvalue weighted by Gasteiger charge is 2.28. The summed E-state index contributed by atoms with van der Waals surface area (Å²) in [6, 6.07) is 11.4. The molecule has 0 fully saturated rings. The fraction of sp³-hybridized carbons (Fsp3) is 0.391. The normalized spacial score (nSPS) is 15.7. The number of anilines is 1. The van der Waals surface area contributed by atoms with Crippen LogP contribution in [-0.4, -0.2) is 43.3 Å². The van der Waals surface area contributed by atoms with Crippen LogP contribution in [0.5, 0.6) is 0 Å². The van der Waals surface area contributed by atoms with Crippen molar-refractivity contribution in [3.05, 3.63) is 65.2 Å². The molecule has 1 amide bonds. The first-order valence-corrected chi connectivity index (χ1v) is 9.97. The number of amides is 1. The predicted molar refractivity (Wildman–Crippen MR) is 113 cm³/mol. The summed E-state index contributed by atoms with van der Waals surface area (Å²) in [5.74, 6) is -1.68. The number of nitrogens with zero attached hydrogens (tertiary/aromatic N) is 3. The van der Waals surface area contributed by atoms with E-state index in [0.717, 1.165) is 23.0 Å². The van der Waals surface area contributed by atoms with E-state index < -0.39 is 11.6 Å². The van der Waals surface area contributed by atoms with Crippen molar-refractivity contribution in [1.29, 1.82) is 0 Å². The fourth-order valence-corrected chi connectivity index (χ4v) is 3.35. The van der Waals surface area contributed by atoms with Gasteiger partial charge in [0.2, 0.25) is 5.91 Å². The maximum Gasteiger partial charge on any atom is 0.225 e. The third kappa shape index (κ3) is 5.14. The number of halogens is 2. The molecule has 1 aliphatic heterocycles. The summed E-state index contributed by atoms with van der Waals surface area (Å²) in [7, 11) is 3.96. The minimum absolute atomic E-state index is 0.0514. The van der Waals surface area contributed by atoms with Crippen molar-refractivity contribution >= 4 is 17.3 Å². The SMILES string of the molecule is CC(C)C(=O)N(Cc1ccc(F)cc1F)C[C@H]1CC(c2ccc(N(C)C)cc2)=NO1. The molecule has 1 aliphatic rings. The minimum Gasteiger partial charge on any atom is -0.390 e. The lowest BCUT2D eigenvalue weighted by Gasteiger charge is -2.26. The number of benzene rings is 2. The number of carbonyl (C=O) groups is 1. The molecule has 0 N–H and O–H groups in total. The van der Waals surface area contributed by atoms with Gasteiger partial charge < -0.3 is 14.6 Å². The first kappa shape index (κ1) is 21.7. The number of oxime groups is 1. The molecule has 2 aromatic rings. The quantitative estimate of drug-likeness (QED) is 0.681. The molecule has 0 saturated heterocycles. The summed E-state index contributed by atoms with van der Waals surface area (Å²) in [5.41, 5.74) is 3.14. The van der Waals surface area contributed by atoms with Gasteiger partial charge in [0.05, 0.1) is 12.3 Å². The number of hydrogen-bond acceptors (Lipinski definition) is 4. The van der Waals surface area contributed by atoms with Crippen LogP contribution in [0.3, 0.4) is 0 Å². The molecular formula is C23H27F2N3O2. The standard InChI is InChI=1S/C23H27F2N3O2/c1-15(2)23(29)28(13-17-5-8-18(24)11-21(17)25)14-20-12-22(26-30-20)16-6-9-19(10-7-16)27(3)4/h5-11,15,20H,12-14H2,1-4H3/t20-/m1/s1. The zero-order valence-corrected chi connectivity index (χ0v) is 17.7. The molecule has 0 radical (unpaired) electrons. The lowest BCUT2D eigenvalue weighted by Crippen LogP contribution is -2.39. The van der Waals surface area contributed by atoms with Crippen LogP contribution in [0.2, 0.25) is 0 Å². The summed E-state index contributed by atoms with van der Waals surface area (Å²) in [4.78, 5) is 21.8. The molecule has 0 unspecified atom stereocenters. The highest BCUT2D eigenvalue weighted by atomic mass is 19.1. The van der Waals surface area contributed by atoms with E-state index in [4.69, 9.17) is 4.84 Å². The van der Waals surface area contributed by atoms with Crippen molar-refractivity contribution in [2.75, 3.05) is 25.5 Å². The van der Waals surface area contributed by atoms with Gasteiger partial charge in [-0.05, 0) is 23.8 Å². The Morgan fingerprint density at radius 3 is 2.47 bits per heavy atom. The lowest BCUT2D eigenvalue weighted by molar-refractivity contribution is -0.137. The number of rotatable bonds is 7. The monoisotopic (exact) mass is 415 g/mol. The van der Waals surface area contributed by atoms with Gasteiger partial charge in [-0.3, -0.25) is 4.79 Å². The van der Waals surface area contributed by atoms with Crippen molar-refractivity contribution in [3.63, 3.8) is 0 Å². The zero-order valence-electron chi connectivity index (χ0n) is 17.7. The molecule has 1 atom stereocenters. The fourth-order valence-electron chi connectivity index (χ4n) is 3.35. The largest absolute Gasteiger partial charge is 0.390 e. The Balaban J connectivity index is 1.69. The number of carbonyl (C=O) groups excluding carboxylic acids is 1. The van der Waals surface area contributed by atoms with Crippen molar-refractivity contribution in [3.8, 4) is 0 Å². The first-order chi connectivity index (χ1) is 14.2. The predicted octanol–water partition coefficient (Wildman–Crippen LogP) is 4.21. The Bertz CT molecular complexity index is 927. The minimum atomic E-state index is -0.665. The van der Waals surface area contributed by atoms with E-state index in [1.165, 1.54) is 12.1 Å². The molecule has 7 heteroatoms. The molecule has 0 aromatic heterocycles. The summed E-state index contributed by atoms with van der Waals surface area (Å²) in [6.45, 7) is 3.91. The smallest absolute Gasteiger partial charge is 0.225 e. The van der Waals surface area contributed by atoms with Crippen LogP contribution >= 0.6 is 0 Å². The van der Waals surface area contributed by atoms with E-state index in [2.05, 4.69) is 5.16 Å². The van der Waals surface area contributed by atoms with Gasteiger partial charge in [0, 0.05) is 50.3 Å². The van der Waals surface area contributed by atoms with Crippen LogP contribution in [0.1, 0.15) is 31.4 Å². The van der Waals surface area contributed by atoms with Crippen LogP contribution < -0.4 is 4.90 Å². The summed E-state index contributed by atoms with van der Waals surface area (Å²) < 4.78 is 27.3. The van der Waals surface area contributed by atoms with Gasteiger partial charge in [0.25, 0.3) is 0 Å². The lowest BCUT2D eigenvalue weighted by atomic mass is 10.0. The number of hydrogen-bond donors (Lipinski definition) is 0. The molecule has 1 heterocycles. The van der Waals surface area contributed by atoms with Crippen LogP contribution in [0.4, 0.5) is 14.5 Å². The van der Waals surface area contributed by atoms with E-state index in [-0.39, 0.29) is 36.6 Å². The summed E-state index contributed by atoms with van der Waals surface area (Å²) in [5, 5.41) is 4.20. The van der Waals surface area contributed by atoms with E-state index in [1.807, 2.05) is 43.3 Å². The Labute approximate surface area is 175 Å². The second-order valence-electron chi connectivity index (χ2n) is 8.02. The molecule has 5 nitrogen and oxygen atoms in total. The van der Waals surface area contributed by atoms with E-state index >= 15 is 0 Å². The molecule has 0 saturated carbocycles. The Morgan fingerprint density at radius 1 is 1.17 bits per heavy atom. The van der Waals surface area contributed by atoms with Crippen LogP contribution in [0.25, 0.3) is 0 Å². The van der Waals surface area contributed by atoms with Gasteiger partial charge in [-0.2, -0.15) is 0 Å². The molecule has 0 spiro atoms. The van der Waals surface area contributed by atoms with Crippen molar-refractivity contribution < 1.29 is 18.4 Å². The van der Waals surface area contributed by atoms with E-state index in [0.29, 0.717) is 6.42 Å². The van der Waals surface area contributed by atoms with Crippen LogP contribution in [-0.2, 0) is 16.2 Å². The molecule has 0 aliphatic carbocycles. The van der Waals surface area contributed by atoms with E-state index in [1.54, 1.807) is 18.7 Å². The third-order valence-corrected chi connectivity index (χ3v) is 5.06. The second-order valence-corrected chi connectivity index (χ2v) is 8.02. The van der Waals surface area contributed by atoms with Gasteiger partial charge >= 0.3 is 0 Å². The molecule has 30 heavy (non-hydrogen) atoms. The Hall–Kier alpha value is -2.96. The van der Waals surface area contributed by atoms with Gasteiger partial charge in [0.15, 0.2) is 6.10 Å². The summed E-state index contributed by atoms with van der Waals surface area (Å²) in [6.07, 6.45) is 0.231. The second kappa shape index (κ2) is 9.24. The topological polar surface area (TPSA) is 45.1 Å². The molecule has 2 aromatic carbocycles. The summed E-state index contributed by atoms with van der Waals surface area (Å²) >= 11 is 0. The van der Waals surface area contributed by atoms with Crippen molar-refractivity contribution in [1.82, 2.24) is 4.90 Å². The van der Waals surface area contributed by atoms with Gasteiger partial charge in [0.1, 0.15) is 11.6 Å². The van der Waals surface area contributed by atoms with Crippen molar-refractivity contribution in [2.45, 2.75) is 32.9 Å². The molecule has 3 rings (SSSR count). The van der Waals surface area contributed by atoms with Gasteiger partial charge in [-0.1, -0.05) is 37.2 Å². The highest BCUT2D eigenvalue weighted by Crippen LogP contribution is 2.22.